The summed E-state index contributed by atoms with van der Waals surface area (Å²) in [7, 11) is 0. The molecule has 0 aliphatic carbocycles. The SMILES string of the molecule is CCNC(CSC(C)(C)C)c1ccc(Cl)cc1F. The lowest BCUT2D eigenvalue weighted by Gasteiger charge is -2.24. The molecule has 0 heterocycles. The van der Waals surface area contributed by atoms with Gasteiger partial charge in [-0.15, -0.1) is 0 Å². The Bertz CT molecular complexity index is 390. The number of thioether (sulfide) groups is 1. The molecule has 4 heteroatoms. The normalized spacial score (nSPS) is 13.7. The highest BCUT2D eigenvalue weighted by Crippen LogP contribution is 2.30. The Morgan fingerprint density at radius 1 is 1.39 bits per heavy atom. The van der Waals surface area contributed by atoms with Gasteiger partial charge in [0.05, 0.1) is 0 Å². The van der Waals surface area contributed by atoms with Gasteiger partial charge in [-0.05, 0) is 18.7 Å². The predicted octanol–water partition coefficient (Wildman–Crippen LogP) is 4.66. The molecular formula is C14H21ClFNS. The first-order valence-electron chi connectivity index (χ1n) is 6.16. The molecule has 0 saturated carbocycles. The molecule has 1 aromatic carbocycles. The lowest BCUT2D eigenvalue weighted by Crippen LogP contribution is -2.25. The second kappa shape index (κ2) is 6.78. The number of hydrogen-bond donors (Lipinski definition) is 1. The minimum atomic E-state index is -0.233. The molecule has 0 aliphatic heterocycles. The van der Waals surface area contributed by atoms with Crippen molar-refractivity contribution in [1.29, 1.82) is 0 Å². The maximum Gasteiger partial charge on any atom is 0.129 e. The van der Waals surface area contributed by atoms with Crippen molar-refractivity contribution in [2.45, 2.75) is 38.5 Å². The highest BCUT2D eigenvalue weighted by atomic mass is 35.5. The van der Waals surface area contributed by atoms with Crippen molar-refractivity contribution < 1.29 is 4.39 Å². The predicted molar refractivity (Wildman–Crippen MR) is 80.0 cm³/mol. The molecule has 0 fully saturated rings. The van der Waals surface area contributed by atoms with Crippen LogP contribution < -0.4 is 5.32 Å². The molecule has 0 radical (unpaired) electrons. The zero-order valence-electron chi connectivity index (χ0n) is 11.4. The standard InChI is InChI=1S/C14H21ClFNS/c1-5-17-13(9-18-14(2,3)4)11-7-6-10(15)8-12(11)16/h6-8,13,17H,5,9H2,1-4H3. The average Bonchev–Trinajstić information content (AvgIpc) is 2.24. The molecule has 18 heavy (non-hydrogen) atoms. The first kappa shape index (κ1) is 15.8. The van der Waals surface area contributed by atoms with E-state index in [1.54, 1.807) is 12.1 Å². The molecule has 1 unspecified atom stereocenters. The Balaban J connectivity index is 2.83. The second-order valence-electron chi connectivity index (χ2n) is 5.20. The molecule has 0 bridgehead atoms. The van der Waals surface area contributed by atoms with Crippen LogP contribution in [0.4, 0.5) is 4.39 Å². The zero-order chi connectivity index (χ0) is 13.8. The summed E-state index contributed by atoms with van der Waals surface area (Å²) >= 11 is 7.61. The van der Waals surface area contributed by atoms with Gasteiger partial charge in [0, 0.05) is 27.1 Å². The Morgan fingerprint density at radius 3 is 2.56 bits per heavy atom. The van der Waals surface area contributed by atoms with Gasteiger partial charge in [0.1, 0.15) is 5.82 Å². The van der Waals surface area contributed by atoms with Crippen molar-refractivity contribution in [1.82, 2.24) is 5.32 Å². The molecule has 1 rings (SSSR count). The summed E-state index contributed by atoms with van der Waals surface area (Å²) in [5, 5.41) is 3.77. The number of nitrogens with one attached hydrogen (secondary N) is 1. The van der Waals surface area contributed by atoms with Gasteiger partial charge in [-0.1, -0.05) is 45.4 Å². The average molecular weight is 290 g/mol. The minimum absolute atomic E-state index is 0.0245. The first-order valence-corrected chi connectivity index (χ1v) is 7.52. The molecule has 0 spiro atoms. The van der Waals surface area contributed by atoms with Crippen LogP contribution in [-0.4, -0.2) is 17.0 Å². The fourth-order valence-corrected chi connectivity index (χ4v) is 2.75. The van der Waals surface area contributed by atoms with Crippen molar-refractivity contribution >= 4 is 23.4 Å². The summed E-state index contributed by atoms with van der Waals surface area (Å²) in [5.74, 6) is 0.610. The van der Waals surface area contributed by atoms with Gasteiger partial charge < -0.3 is 5.32 Å². The highest BCUT2D eigenvalue weighted by Gasteiger charge is 2.19. The molecule has 0 amide bonds. The van der Waals surface area contributed by atoms with E-state index in [1.807, 2.05) is 18.7 Å². The van der Waals surface area contributed by atoms with Crippen LogP contribution >= 0.6 is 23.4 Å². The number of halogens is 2. The summed E-state index contributed by atoms with van der Waals surface area (Å²) in [4.78, 5) is 0. The maximum atomic E-state index is 13.9. The lowest BCUT2D eigenvalue weighted by atomic mass is 10.1. The topological polar surface area (TPSA) is 12.0 Å². The number of rotatable bonds is 5. The first-order chi connectivity index (χ1) is 8.33. The van der Waals surface area contributed by atoms with Crippen LogP contribution in [0.1, 0.15) is 39.3 Å². The largest absolute Gasteiger partial charge is 0.309 e. The van der Waals surface area contributed by atoms with Gasteiger partial charge in [0.15, 0.2) is 0 Å². The van der Waals surface area contributed by atoms with Gasteiger partial charge in [-0.2, -0.15) is 11.8 Å². The zero-order valence-corrected chi connectivity index (χ0v) is 13.0. The van der Waals surface area contributed by atoms with E-state index in [2.05, 4.69) is 26.1 Å². The van der Waals surface area contributed by atoms with E-state index < -0.39 is 0 Å². The van der Waals surface area contributed by atoms with Crippen molar-refractivity contribution in [2.75, 3.05) is 12.3 Å². The van der Waals surface area contributed by atoms with E-state index >= 15 is 0 Å². The monoisotopic (exact) mass is 289 g/mol. The van der Waals surface area contributed by atoms with Crippen LogP contribution in [0.5, 0.6) is 0 Å². The minimum Gasteiger partial charge on any atom is -0.309 e. The molecular weight excluding hydrogens is 269 g/mol. The highest BCUT2D eigenvalue weighted by molar-refractivity contribution is 8.00. The maximum absolute atomic E-state index is 13.9. The third kappa shape index (κ3) is 5.17. The molecule has 1 aromatic rings. The molecule has 102 valence electrons. The van der Waals surface area contributed by atoms with E-state index in [-0.39, 0.29) is 16.6 Å². The van der Waals surface area contributed by atoms with Crippen molar-refractivity contribution in [3.63, 3.8) is 0 Å². The number of hydrogen-bond acceptors (Lipinski definition) is 2. The van der Waals surface area contributed by atoms with Crippen LogP contribution in [0.25, 0.3) is 0 Å². The van der Waals surface area contributed by atoms with Gasteiger partial charge in [0.2, 0.25) is 0 Å². The molecule has 0 aromatic heterocycles. The van der Waals surface area contributed by atoms with E-state index in [9.17, 15) is 4.39 Å². The van der Waals surface area contributed by atoms with Crippen LogP contribution in [0.3, 0.4) is 0 Å². The van der Waals surface area contributed by atoms with E-state index in [0.717, 1.165) is 12.3 Å². The second-order valence-corrected chi connectivity index (χ2v) is 7.48. The molecule has 1 atom stereocenters. The summed E-state index contributed by atoms with van der Waals surface area (Å²) in [6, 6.07) is 4.92. The van der Waals surface area contributed by atoms with Crippen molar-refractivity contribution in [2.24, 2.45) is 0 Å². The smallest absolute Gasteiger partial charge is 0.129 e. The van der Waals surface area contributed by atoms with Gasteiger partial charge in [-0.25, -0.2) is 4.39 Å². The van der Waals surface area contributed by atoms with Crippen LogP contribution in [-0.2, 0) is 0 Å². The third-order valence-corrected chi connectivity index (χ3v) is 4.07. The molecule has 0 aliphatic rings. The van der Waals surface area contributed by atoms with Crippen molar-refractivity contribution in [3.05, 3.63) is 34.6 Å². The van der Waals surface area contributed by atoms with Gasteiger partial charge in [0.25, 0.3) is 0 Å². The lowest BCUT2D eigenvalue weighted by molar-refractivity contribution is 0.544. The molecule has 1 N–H and O–H groups in total. The summed E-state index contributed by atoms with van der Waals surface area (Å²) in [5.41, 5.74) is 0.693. The van der Waals surface area contributed by atoms with Crippen LogP contribution in [0, 0.1) is 5.82 Å². The van der Waals surface area contributed by atoms with E-state index in [1.165, 1.54) is 6.07 Å². The summed E-state index contributed by atoms with van der Waals surface area (Å²) in [6.45, 7) is 9.34. The molecule has 0 saturated heterocycles. The fourth-order valence-electron chi connectivity index (χ4n) is 1.62. The van der Waals surface area contributed by atoms with E-state index in [0.29, 0.717) is 10.6 Å². The van der Waals surface area contributed by atoms with Gasteiger partial charge in [-0.3, -0.25) is 0 Å². The van der Waals surface area contributed by atoms with Crippen molar-refractivity contribution in [3.8, 4) is 0 Å². The Morgan fingerprint density at radius 2 is 2.06 bits per heavy atom. The fraction of sp³-hybridized carbons (Fsp3) is 0.571. The van der Waals surface area contributed by atoms with E-state index in [4.69, 9.17) is 11.6 Å². The third-order valence-electron chi connectivity index (χ3n) is 2.47. The number of benzene rings is 1. The Kier molecular flexibility index (Phi) is 5.96. The Labute approximate surface area is 118 Å². The Hall–Kier alpha value is -0.250. The molecule has 1 nitrogen and oxygen atoms in total. The summed E-state index contributed by atoms with van der Waals surface area (Å²) in [6.07, 6.45) is 0. The quantitative estimate of drug-likeness (QED) is 0.846. The van der Waals surface area contributed by atoms with Crippen LogP contribution in [0.2, 0.25) is 5.02 Å². The van der Waals surface area contributed by atoms with Gasteiger partial charge >= 0.3 is 0 Å². The van der Waals surface area contributed by atoms with Crippen LogP contribution in [0.15, 0.2) is 18.2 Å². The summed E-state index contributed by atoms with van der Waals surface area (Å²) < 4.78 is 14.1.